The van der Waals surface area contributed by atoms with Crippen LogP contribution in [0.15, 0.2) is 36.9 Å². The van der Waals surface area contributed by atoms with Crippen molar-refractivity contribution in [2.24, 2.45) is 0 Å². The Labute approximate surface area is 146 Å². The number of ether oxygens (including phenoxy) is 3. The van der Waals surface area contributed by atoms with Crippen molar-refractivity contribution >= 4 is 17.9 Å². The number of hydrogen-bond acceptors (Lipinski definition) is 7. The van der Waals surface area contributed by atoms with Crippen LogP contribution in [0.2, 0.25) is 0 Å². The second-order valence-corrected chi connectivity index (χ2v) is 5.27. The molecule has 7 heteroatoms. The molecule has 1 aromatic carbocycles. The van der Waals surface area contributed by atoms with Crippen LogP contribution in [-0.4, -0.2) is 42.3 Å². The Morgan fingerprint density at radius 3 is 2.40 bits per heavy atom. The lowest BCUT2D eigenvalue weighted by molar-refractivity contribution is -0.157. The molecule has 0 aliphatic heterocycles. The van der Waals surface area contributed by atoms with Crippen LogP contribution in [0.3, 0.4) is 0 Å². The van der Waals surface area contributed by atoms with Crippen molar-refractivity contribution in [2.75, 3.05) is 13.2 Å². The maximum Gasteiger partial charge on any atom is 0.330 e. The SMILES string of the molecule is C=CC(=O)OCC(C)OC(=O)CCC(=O)OCCc1ccc(O)cc1. The van der Waals surface area contributed by atoms with Crippen LogP contribution in [0.5, 0.6) is 5.75 Å². The van der Waals surface area contributed by atoms with E-state index in [0.29, 0.717) is 6.42 Å². The number of carbonyl (C=O) groups excluding carboxylic acids is 3. The summed E-state index contributed by atoms with van der Waals surface area (Å²) in [5, 5.41) is 9.17. The molecule has 1 atom stereocenters. The van der Waals surface area contributed by atoms with Crippen molar-refractivity contribution in [3.63, 3.8) is 0 Å². The van der Waals surface area contributed by atoms with E-state index in [1.807, 2.05) is 0 Å². The summed E-state index contributed by atoms with van der Waals surface area (Å²) in [5.74, 6) is -1.49. The van der Waals surface area contributed by atoms with Crippen LogP contribution in [0.1, 0.15) is 25.3 Å². The minimum Gasteiger partial charge on any atom is -0.508 e. The summed E-state index contributed by atoms with van der Waals surface area (Å²) in [6.45, 7) is 4.94. The largest absolute Gasteiger partial charge is 0.508 e. The van der Waals surface area contributed by atoms with E-state index < -0.39 is 24.0 Å². The molecule has 0 fully saturated rings. The van der Waals surface area contributed by atoms with Crippen molar-refractivity contribution in [1.82, 2.24) is 0 Å². The van der Waals surface area contributed by atoms with Crippen LogP contribution in [-0.2, 0) is 35.0 Å². The summed E-state index contributed by atoms with van der Waals surface area (Å²) in [7, 11) is 0. The zero-order valence-electron chi connectivity index (χ0n) is 14.1. The first-order valence-corrected chi connectivity index (χ1v) is 7.83. The first-order chi connectivity index (χ1) is 11.9. The molecule has 1 unspecified atom stereocenters. The van der Waals surface area contributed by atoms with Gasteiger partial charge in [-0.15, -0.1) is 0 Å². The van der Waals surface area contributed by atoms with Gasteiger partial charge in [0, 0.05) is 12.5 Å². The highest BCUT2D eigenvalue weighted by atomic mass is 16.6. The van der Waals surface area contributed by atoms with Crippen molar-refractivity contribution in [3.8, 4) is 5.75 Å². The minimum absolute atomic E-state index is 0.0757. The highest BCUT2D eigenvalue weighted by Crippen LogP contribution is 2.10. The predicted molar refractivity (Wildman–Crippen MR) is 88.7 cm³/mol. The summed E-state index contributed by atoms with van der Waals surface area (Å²) in [6.07, 6.45) is 0.720. The van der Waals surface area contributed by atoms with Gasteiger partial charge in [-0.1, -0.05) is 18.7 Å². The van der Waals surface area contributed by atoms with E-state index in [9.17, 15) is 19.5 Å². The average molecular weight is 350 g/mol. The third-order valence-electron chi connectivity index (χ3n) is 3.08. The van der Waals surface area contributed by atoms with Gasteiger partial charge in [0.2, 0.25) is 0 Å². The van der Waals surface area contributed by atoms with Crippen molar-refractivity contribution in [3.05, 3.63) is 42.5 Å². The second-order valence-electron chi connectivity index (χ2n) is 5.27. The number of benzene rings is 1. The molecule has 0 aliphatic rings. The van der Waals surface area contributed by atoms with Crippen LogP contribution in [0.25, 0.3) is 0 Å². The molecule has 0 radical (unpaired) electrons. The fraction of sp³-hybridized carbons (Fsp3) is 0.389. The topological polar surface area (TPSA) is 99.1 Å². The van der Waals surface area contributed by atoms with Gasteiger partial charge < -0.3 is 19.3 Å². The molecular weight excluding hydrogens is 328 g/mol. The van der Waals surface area contributed by atoms with Gasteiger partial charge in [-0.3, -0.25) is 9.59 Å². The van der Waals surface area contributed by atoms with Crippen molar-refractivity contribution in [2.45, 2.75) is 32.3 Å². The number of hydrogen-bond donors (Lipinski definition) is 1. The lowest BCUT2D eigenvalue weighted by atomic mass is 10.1. The molecule has 0 aliphatic carbocycles. The smallest absolute Gasteiger partial charge is 0.330 e. The number of rotatable bonds is 10. The molecule has 0 saturated heterocycles. The lowest BCUT2D eigenvalue weighted by Gasteiger charge is -2.12. The quantitative estimate of drug-likeness (QED) is 0.391. The highest BCUT2D eigenvalue weighted by molar-refractivity contribution is 5.81. The van der Waals surface area contributed by atoms with Gasteiger partial charge in [-0.25, -0.2) is 4.79 Å². The van der Waals surface area contributed by atoms with Crippen molar-refractivity contribution in [1.29, 1.82) is 0 Å². The Balaban J connectivity index is 2.15. The lowest BCUT2D eigenvalue weighted by Crippen LogP contribution is -2.22. The zero-order chi connectivity index (χ0) is 18.7. The maximum atomic E-state index is 11.6. The summed E-state index contributed by atoms with van der Waals surface area (Å²) >= 11 is 0. The number of phenolic OH excluding ortho intramolecular Hbond substituents is 1. The Kier molecular flexibility index (Phi) is 8.78. The van der Waals surface area contributed by atoms with Crippen LogP contribution in [0, 0.1) is 0 Å². The number of carbonyl (C=O) groups is 3. The Bertz CT molecular complexity index is 592. The van der Waals surface area contributed by atoms with E-state index >= 15 is 0 Å². The summed E-state index contributed by atoms with van der Waals surface area (Å²) in [5.41, 5.74) is 0.924. The first kappa shape index (κ1) is 20.2. The molecule has 136 valence electrons. The first-order valence-electron chi connectivity index (χ1n) is 7.83. The summed E-state index contributed by atoms with van der Waals surface area (Å²) in [6, 6.07) is 6.59. The Morgan fingerprint density at radius 2 is 1.76 bits per heavy atom. The molecule has 1 rings (SSSR count). The number of esters is 3. The van der Waals surface area contributed by atoms with Gasteiger partial charge in [0.25, 0.3) is 0 Å². The molecular formula is C18H22O7. The van der Waals surface area contributed by atoms with Gasteiger partial charge >= 0.3 is 17.9 Å². The van der Waals surface area contributed by atoms with E-state index in [-0.39, 0.29) is 31.8 Å². The third kappa shape index (κ3) is 9.14. The van der Waals surface area contributed by atoms with Gasteiger partial charge in [0.15, 0.2) is 0 Å². The van der Waals surface area contributed by atoms with Gasteiger partial charge in [0.1, 0.15) is 18.5 Å². The van der Waals surface area contributed by atoms with Crippen LogP contribution < -0.4 is 0 Å². The van der Waals surface area contributed by atoms with Gasteiger partial charge in [-0.2, -0.15) is 0 Å². The summed E-state index contributed by atoms with van der Waals surface area (Å²) in [4.78, 5) is 34.0. The zero-order valence-corrected chi connectivity index (χ0v) is 14.1. The summed E-state index contributed by atoms with van der Waals surface area (Å²) < 4.78 is 14.8. The highest BCUT2D eigenvalue weighted by Gasteiger charge is 2.13. The molecule has 7 nitrogen and oxygen atoms in total. The molecule has 1 aromatic rings. The maximum absolute atomic E-state index is 11.6. The third-order valence-corrected chi connectivity index (χ3v) is 3.08. The molecule has 0 heterocycles. The normalized spacial score (nSPS) is 11.2. The number of phenols is 1. The number of aromatic hydroxyl groups is 1. The fourth-order valence-electron chi connectivity index (χ4n) is 1.80. The second kappa shape index (κ2) is 10.9. The standard InChI is InChI=1S/C18H22O7/c1-3-16(20)24-12-13(2)25-18(22)9-8-17(21)23-11-10-14-4-6-15(19)7-5-14/h3-7,13,19H,1,8-12H2,2H3. The Morgan fingerprint density at radius 1 is 1.12 bits per heavy atom. The molecule has 0 amide bonds. The van der Waals surface area contributed by atoms with E-state index in [4.69, 9.17) is 14.2 Å². The van der Waals surface area contributed by atoms with Gasteiger partial charge in [0.05, 0.1) is 19.4 Å². The molecule has 0 saturated carbocycles. The van der Waals surface area contributed by atoms with E-state index in [2.05, 4.69) is 6.58 Å². The Hall–Kier alpha value is -2.83. The molecule has 1 N–H and O–H groups in total. The minimum atomic E-state index is -0.609. The molecule has 25 heavy (non-hydrogen) atoms. The van der Waals surface area contributed by atoms with Gasteiger partial charge in [-0.05, 0) is 24.6 Å². The van der Waals surface area contributed by atoms with E-state index in [1.54, 1.807) is 31.2 Å². The monoisotopic (exact) mass is 350 g/mol. The van der Waals surface area contributed by atoms with Crippen LogP contribution >= 0.6 is 0 Å². The van der Waals surface area contributed by atoms with Crippen molar-refractivity contribution < 1.29 is 33.7 Å². The molecule has 0 bridgehead atoms. The van der Waals surface area contributed by atoms with Crippen LogP contribution in [0.4, 0.5) is 0 Å². The van der Waals surface area contributed by atoms with E-state index in [0.717, 1.165) is 11.6 Å². The fourth-order valence-corrected chi connectivity index (χ4v) is 1.80. The average Bonchev–Trinajstić information content (AvgIpc) is 2.59. The molecule has 0 spiro atoms. The van der Waals surface area contributed by atoms with E-state index in [1.165, 1.54) is 0 Å². The predicted octanol–water partition coefficient (Wildman–Crippen LogP) is 1.92. The molecule has 0 aromatic heterocycles.